The Morgan fingerprint density at radius 3 is 2.23 bits per heavy atom. The lowest BCUT2D eigenvalue weighted by atomic mass is 10.1. The summed E-state index contributed by atoms with van der Waals surface area (Å²) < 4.78 is 29.0. The first-order valence-corrected chi connectivity index (χ1v) is 15.2. The molecule has 10 heteroatoms. The topological polar surface area (TPSA) is 86.8 Å². The van der Waals surface area contributed by atoms with E-state index < -0.39 is 28.5 Å². The van der Waals surface area contributed by atoms with Crippen LogP contribution in [-0.2, 0) is 26.2 Å². The molecular formula is C30H35Cl2N3O4S. The van der Waals surface area contributed by atoms with Gasteiger partial charge in [0, 0.05) is 12.6 Å². The van der Waals surface area contributed by atoms with Gasteiger partial charge in [0.2, 0.25) is 11.8 Å². The molecule has 0 heterocycles. The zero-order valence-electron chi connectivity index (χ0n) is 23.3. The van der Waals surface area contributed by atoms with Crippen LogP contribution < -0.4 is 9.62 Å². The minimum Gasteiger partial charge on any atom is -0.352 e. The van der Waals surface area contributed by atoms with Crippen molar-refractivity contribution < 1.29 is 18.0 Å². The molecule has 0 aromatic heterocycles. The first-order chi connectivity index (χ1) is 18.8. The summed E-state index contributed by atoms with van der Waals surface area (Å²) in [4.78, 5) is 28.6. The monoisotopic (exact) mass is 603 g/mol. The van der Waals surface area contributed by atoms with Gasteiger partial charge in [0.25, 0.3) is 10.0 Å². The lowest BCUT2D eigenvalue weighted by Gasteiger charge is -2.33. The normalized spacial score (nSPS) is 12.9. The molecule has 1 N–H and O–H groups in total. The van der Waals surface area contributed by atoms with Crippen molar-refractivity contribution >= 4 is 50.7 Å². The van der Waals surface area contributed by atoms with Crippen LogP contribution >= 0.6 is 23.2 Å². The van der Waals surface area contributed by atoms with Crippen LogP contribution in [0.4, 0.5) is 5.69 Å². The molecule has 3 aromatic rings. The van der Waals surface area contributed by atoms with Gasteiger partial charge in [-0.05, 0) is 81.1 Å². The number of amides is 2. The predicted molar refractivity (Wildman–Crippen MR) is 161 cm³/mol. The molecular weight excluding hydrogens is 569 g/mol. The number of benzene rings is 3. The van der Waals surface area contributed by atoms with Gasteiger partial charge in [-0.1, -0.05) is 66.5 Å². The van der Waals surface area contributed by atoms with Crippen molar-refractivity contribution in [3.05, 3.63) is 93.5 Å². The van der Waals surface area contributed by atoms with Gasteiger partial charge in [0.15, 0.2) is 0 Å². The van der Waals surface area contributed by atoms with Gasteiger partial charge in [-0.25, -0.2) is 8.42 Å². The van der Waals surface area contributed by atoms with Crippen LogP contribution in [0.5, 0.6) is 0 Å². The minimum absolute atomic E-state index is 0.0246. The van der Waals surface area contributed by atoms with Gasteiger partial charge in [-0.15, -0.1) is 0 Å². The molecule has 0 fully saturated rings. The zero-order chi connectivity index (χ0) is 29.6. The molecule has 3 aromatic carbocycles. The fourth-order valence-electron chi connectivity index (χ4n) is 4.10. The summed E-state index contributed by atoms with van der Waals surface area (Å²) in [6.07, 6.45) is 0.717. The summed E-state index contributed by atoms with van der Waals surface area (Å²) >= 11 is 12.3. The van der Waals surface area contributed by atoms with E-state index in [-0.39, 0.29) is 23.4 Å². The molecule has 0 aliphatic heterocycles. The van der Waals surface area contributed by atoms with E-state index in [4.69, 9.17) is 23.2 Å². The molecule has 0 spiro atoms. The lowest BCUT2D eigenvalue weighted by molar-refractivity contribution is -0.139. The van der Waals surface area contributed by atoms with Crippen molar-refractivity contribution in [2.45, 2.75) is 64.6 Å². The van der Waals surface area contributed by atoms with Gasteiger partial charge in [-0.2, -0.15) is 0 Å². The fraction of sp³-hybridized carbons (Fsp3) is 0.333. The van der Waals surface area contributed by atoms with Crippen LogP contribution in [0.25, 0.3) is 0 Å². The molecule has 0 bridgehead atoms. The number of aryl methyl sites for hydroxylation is 2. The molecule has 0 aliphatic rings. The summed E-state index contributed by atoms with van der Waals surface area (Å²) in [6, 6.07) is 17.4. The molecule has 0 saturated carbocycles. The Morgan fingerprint density at radius 2 is 1.60 bits per heavy atom. The molecule has 7 nitrogen and oxygen atoms in total. The fourth-order valence-corrected chi connectivity index (χ4v) is 5.92. The SMILES string of the molecule is CC[C@@H](C)NC(=O)[C@@H](C)N(Cc1ccc(Cl)c(Cl)c1)C(=O)CN(c1cc(C)ccc1C)S(=O)(=O)c1ccccc1. The van der Waals surface area contributed by atoms with Crippen LogP contribution in [0.2, 0.25) is 10.0 Å². The molecule has 2 atom stereocenters. The van der Waals surface area contributed by atoms with E-state index in [9.17, 15) is 18.0 Å². The summed E-state index contributed by atoms with van der Waals surface area (Å²) in [5.41, 5.74) is 2.57. The van der Waals surface area contributed by atoms with Gasteiger partial charge in [0.1, 0.15) is 12.6 Å². The maximum absolute atomic E-state index is 14.0. The highest BCUT2D eigenvalue weighted by molar-refractivity contribution is 7.92. The van der Waals surface area contributed by atoms with Gasteiger partial charge < -0.3 is 10.2 Å². The quantitative estimate of drug-likeness (QED) is 0.285. The van der Waals surface area contributed by atoms with E-state index in [0.717, 1.165) is 16.3 Å². The van der Waals surface area contributed by atoms with Crippen molar-refractivity contribution in [1.82, 2.24) is 10.2 Å². The molecule has 2 amide bonds. The number of nitrogens with zero attached hydrogens (tertiary/aromatic N) is 2. The third kappa shape index (κ3) is 7.56. The van der Waals surface area contributed by atoms with Crippen LogP contribution in [0.15, 0.2) is 71.6 Å². The minimum atomic E-state index is -4.13. The Labute approximate surface area is 247 Å². The van der Waals surface area contributed by atoms with E-state index >= 15 is 0 Å². The zero-order valence-corrected chi connectivity index (χ0v) is 25.6. The van der Waals surface area contributed by atoms with Crippen molar-refractivity contribution in [2.24, 2.45) is 0 Å². The van der Waals surface area contributed by atoms with E-state index in [1.54, 1.807) is 56.3 Å². The predicted octanol–water partition coefficient (Wildman–Crippen LogP) is 6.14. The van der Waals surface area contributed by atoms with Gasteiger partial charge in [-0.3, -0.25) is 13.9 Å². The standard InChI is InChI=1S/C30H35Cl2N3O4S/c1-6-22(4)33-30(37)23(5)34(18-24-14-15-26(31)27(32)17-24)29(36)19-35(28-16-20(2)12-13-21(28)3)40(38,39)25-10-8-7-9-11-25/h7-17,22-23H,6,18-19H2,1-5H3,(H,33,37)/t22-,23-/m1/s1. The third-order valence-corrected chi connectivity index (χ3v) is 9.26. The molecule has 3 rings (SSSR count). The van der Waals surface area contributed by atoms with E-state index in [1.807, 2.05) is 32.9 Å². The second-order valence-corrected chi connectivity index (χ2v) is 12.6. The van der Waals surface area contributed by atoms with Crippen molar-refractivity contribution in [3.8, 4) is 0 Å². The number of halogens is 2. The molecule has 0 saturated heterocycles. The highest BCUT2D eigenvalue weighted by atomic mass is 35.5. The second kappa shape index (κ2) is 13.5. The number of rotatable bonds is 11. The second-order valence-electron chi connectivity index (χ2n) is 9.88. The highest BCUT2D eigenvalue weighted by Crippen LogP contribution is 2.29. The number of carbonyl (C=O) groups is 2. The maximum atomic E-state index is 14.0. The first kappa shape index (κ1) is 31.5. The molecule has 214 valence electrons. The van der Waals surface area contributed by atoms with E-state index in [0.29, 0.717) is 26.9 Å². The average Bonchev–Trinajstić information content (AvgIpc) is 2.93. The van der Waals surface area contributed by atoms with Gasteiger partial charge in [0.05, 0.1) is 20.6 Å². The number of carbonyl (C=O) groups excluding carboxylic acids is 2. The van der Waals surface area contributed by atoms with Gasteiger partial charge >= 0.3 is 0 Å². The summed E-state index contributed by atoms with van der Waals surface area (Å²) in [5, 5.41) is 3.59. The molecule has 0 radical (unpaired) electrons. The Bertz CT molecular complexity index is 1470. The van der Waals surface area contributed by atoms with Crippen LogP contribution in [0, 0.1) is 13.8 Å². The number of hydrogen-bond acceptors (Lipinski definition) is 4. The van der Waals surface area contributed by atoms with Crippen LogP contribution in [0.3, 0.4) is 0 Å². The Balaban J connectivity index is 2.07. The average molecular weight is 605 g/mol. The summed E-state index contributed by atoms with van der Waals surface area (Å²) in [5.74, 6) is -0.884. The summed E-state index contributed by atoms with van der Waals surface area (Å²) in [6.45, 7) is 8.62. The smallest absolute Gasteiger partial charge is 0.264 e. The first-order valence-electron chi connectivity index (χ1n) is 13.0. The summed E-state index contributed by atoms with van der Waals surface area (Å²) in [7, 11) is -4.13. The number of hydrogen-bond donors (Lipinski definition) is 1. The lowest BCUT2D eigenvalue weighted by Crippen LogP contribution is -2.52. The van der Waals surface area contributed by atoms with Crippen molar-refractivity contribution in [3.63, 3.8) is 0 Å². The number of anilines is 1. The molecule has 40 heavy (non-hydrogen) atoms. The van der Waals surface area contributed by atoms with E-state index in [1.165, 1.54) is 17.0 Å². The van der Waals surface area contributed by atoms with E-state index in [2.05, 4.69) is 5.32 Å². The van der Waals surface area contributed by atoms with Crippen LogP contribution in [-0.4, -0.2) is 43.8 Å². The highest BCUT2D eigenvalue weighted by Gasteiger charge is 2.33. The molecule has 0 aliphatic carbocycles. The Kier molecular flexibility index (Phi) is 10.6. The number of nitrogens with one attached hydrogen (secondary N) is 1. The number of sulfonamides is 1. The maximum Gasteiger partial charge on any atom is 0.264 e. The Hall–Kier alpha value is -3.07. The largest absolute Gasteiger partial charge is 0.352 e. The third-order valence-electron chi connectivity index (χ3n) is 6.75. The van der Waals surface area contributed by atoms with Crippen molar-refractivity contribution in [2.75, 3.05) is 10.8 Å². The van der Waals surface area contributed by atoms with Crippen LogP contribution in [0.1, 0.15) is 43.9 Å². The van der Waals surface area contributed by atoms with Crippen molar-refractivity contribution in [1.29, 1.82) is 0 Å². The molecule has 0 unspecified atom stereocenters. The Morgan fingerprint density at radius 1 is 0.925 bits per heavy atom.